The fourth-order valence-electron chi connectivity index (χ4n) is 3.20. The van der Waals surface area contributed by atoms with Crippen LogP contribution in [-0.2, 0) is 14.3 Å². The van der Waals surface area contributed by atoms with Gasteiger partial charge in [0.25, 0.3) is 5.91 Å². The molecule has 3 heterocycles. The summed E-state index contributed by atoms with van der Waals surface area (Å²) >= 11 is 3.12. The van der Waals surface area contributed by atoms with E-state index in [0.717, 1.165) is 9.09 Å². The molecule has 7 nitrogen and oxygen atoms in total. The van der Waals surface area contributed by atoms with Crippen molar-refractivity contribution < 1.29 is 23.9 Å². The molecule has 1 atom stereocenters. The minimum atomic E-state index is -0.689. The molecule has 0 unspecified atom stereocenters. The highest BCUT2D eigenvalue weighted by Crippen LogP contribution is 2.28. The van der Waals surface area contributed by atoms with Crippen LogP contribution in [0.15, 0.2) is 16.3 Å². The summed E-state index contributed by atoms with van der Waals surface area (Å²) in [4.78, 5) is 40.4. The summed E-state index contributed by atoms with van der Waals surface area (Å²) in [5, 5.41) is 0. The van der Waals surface area contributed by atoms with Crippen molar-refractivity contribution in [1.82, 2.24) is 9.80 Å². The van der Waals surface area contributed by atoms with Gasteiger partial charge in [0.15, 0.2) is 6.04 Å². The monoisotopic (exact) mass is 384 g/mol. The van der Waals surface area contributed by atoms with Crippen molar-refractivity contribution in [3.63, 3.8) is 0 Å². The van der Waals surface area contributed by atoms with Crippen LogP contribution < -0.4 is 0 Å². The maximum atomic E-state index is 12.6. The number of carbonyl (C=O) groups excluding carboxylic acids is 3. The Bertz CT molecular complexity index is 669. The summed E-state index contributed by atoms with van der Waals surface area (Å²) < 4.78 is 10.9. The number of rotatable bonds is 4. The lowest BCUT2D eigenvalue weighted by Gasteiger charge is -2.37. The van der Waals surface area contributed by atoms with Gasteiger partial charge in [-0.3, -0.25) is 9.69 Å². The standard InChI is InChI=1S/C16H20N2O5S2/c1-22-15(20)11-9-23-16(21)18(11)10-5-7-17(8-6-10)14(19)12-3-4-13(24-2)25-12/h3-4,10-11H,5-9H2,1-2H3/t11-/m0/s1. The topological polar surface area (TPSA) is 76.2 Å². The van der Waals surface area contributed by atoms with Gasteiger partial charge in [0.05, 0.1) is 16.2 Å². The minimum Gasteiger partial charge on any atom is -0.467 e. The molecule has 2 amide bonds. The Balaban J connectivity index is 1.62. The number of thiophene rings is 1. The Hall–Kier alpha value is -1.74. The van der Waals surface area contributed by atoms with Crippen LogP contribution in [-0.4, -0.2) is 72.9 Å². The largest absolute Gasteiger partial charge is 0.467 e. The van der Waals surface area contributed by atoms with Gasteiger partial charge < -0.3 is 14.4 Å². The molecule has 0 bridgehead atoms. The first-order valence-electron chi connectivity index (χ1n) is 8.01. The van der Waals surface area contributed by atoms with E-state index >= 15 is 0 Å². The highest BCUT2D eigenvalue weighted by atomic mass is 32.2. The molecule has 25 heavy (non-hydrogen) atoms. The molecule has 2 saturated heterocycles. The quantitative estimate of drug-likeness (QED) is 0.584. The Morgan fingerprint density at radius 1 is 1.32 bits per heavy atom. The van der Waals surface area contributed by atoms with Crippen molar-refractivity contribution in [1.29, 1.82) is 0 Å². The van der Waals surface area contributed by atoms with Crippen molar-refractivity contribution in [2.45, 2.75) is 29.1 Å². The number of methoxy groups -OCH3 is 1. The van der Waals surface area contributed by atoms with Crippen LogP contribution in [0.25, 0.3) is 0 Å². The minimum absolute atomic E-state index is 0.0251. The van der Waals surface area contributed by atoms with E-state index in [-0.39, 0.29) is 18.6 Å². The highest BCUT2D eigenvalue weighted by Gasteiger charge is 2.44. The number of hydrogen-bond donors (Lipinski definition) is 0. The lowest BCUT2D eigenvalue weighted by Crippen LogP contribution is -2.51. The van der Waals surface area contributed by atoms with Crippen LogP contribution in [0.1, 0.15) is 22.5 Å². The third kappa shape index (κ3) is 3.62. The molecule has 1 aromatic rings. The first kappa shape index (κ1) is 18.1. The second kappa shape index (κ2) is 7.65. The SMILES string of the molecule is COC(=O)[C@@H]1COC(=O)N1C1CCN(C(=O)c2ccc(SC)s2)CC1. The van der Waals surface area contributed by atoms with Gasteiger partial charge in [0.2, 0.25) is 0 Å². The maximum absolute atomic E-state index is 12.6. The van der Waals surface area contributed by atoms with Crippen molar-refractivity contribution in [3.8, 4) is 0 Å². The molecular weight excluding hydrogens is 364 g/mol. The Morgan fingerprint density at radius 3 is 2.64 bits per heavy atom. The van der Waals surface area contributed by atoms with Gasteiger partial charge in [-0.1, -0.05) is 0 Å². The first-order valence-corrected chi connectivity index (χ1v) is 10.0. The lowest BCUT2D eigenvalue weighted by molar-refractivity contribution is -0.145. The van der Waals surface area contributed by atoms with Crippen LogP contribution in [0.4, 0.5) is 4.79 Å². The molecule has 2 aliphatic rings. The number of nitrogens with zero attached hydrogens (tertiary/aromatic N) is 2. The summed E-state index contributed by atoms with van der Waals surface area (Å²) in [6.45, 7) is 1.12. The molecule has 0 aromatic carbocycles. The fourth-order valence-corrected chi connectivity index (χ4v) is 4.71. The molecule has 2 aliphatic heterocycles. The average molecular weight is 384 g/mol. The Labute approximate surface area is 154 Å². The van der Waals surface area contributed by atoms with Gasteiger partial charge in [-0.05, 0) is 31.2 Å². The number of carbonyl (C=O) groups is 3. The zero-order chi connectivity index (χ0) is 18.0. The van der Waals surface area contributed by atoms with Crippen LogP contribution in [0.3, 0.4) is 0 Å². The molecule has 0 N–H and O–H groups in total. The maximum Gasteiger partial charge on any atom is 0.410 e. The number of esters is 1. The molecule has 3 rings (SSSR count). The predicted octanol–water partition coefficient (Wildman–Crippen LogP) is 2.07. The lowest BCUT2D eigenvalue weighted by atomic mass is 10.0. The number of likely N-dealkylation sites (tertiary alicyclic amines) is 1. The van der Waals surface area contributed by atoms with E-state index in [0.29, 0.717) is 25.9 Å². The normalized spacial score (nSPS) is 21.4. The summed E-state index contributed by atoms with van der Waals surface area (Å²) in [5.41, 5.74) is 0. The van der Waals surface area contributed by atoms with Crippen molar-refractivity contribution in [3.05, 3.63) is 17.0 Å². The van der Waals surface area contributed by atoms with E-state index in [2.05, 4.69) is 0 Å². The summed E-state index contributed by atoms with van der Waals surface area (Å²) in [6.07, 6.45) is 2.74. The van der Waals surface area contributed by atoms with Crippen LogP contribution in [0.2, 0.25) is 0 Å². The molecule has 0 spiro atoms. The van der Waals surface area contributed by atoms with Gasteiger partial charge in [-0.15, -0.1) is 23.1 Å². The molecule has 0 aliphatic carbocycles. The van der Waals surface area contributed by atoms with Crippen molar-refractivity contribution in [2.24, 2.45) is 0 Å². The Kier molecular flexibility index (Phi) is 5.53. The molecule has 2 fully saturated rings. The van der Waals surface area contributed by atoms with Crippen LogP contribution in [0, 0.1) is 0 Å². The summed E-state index contributed by atoms with van der Waals surface area (Å²) in [5.74, 6) is -0.440. The van der Waals surface area contributed by atoms with Crippen LogP contribution in [0.5, 0.6) is 0 Å². The van der Waals surface area contributed by atoms with E-state index in [9.17, 15) is 14.4 Å². The predicted molar refractivity (Wildman–Crippen MR) is 94.0 cm³/mol. The first-order chi connectivity index (χ1) is 12.0. The molecule has 1 aromatic heterocycles. The van der Waals surface area contributed by atoms with Gasteiger partial charge in [-0.2, -0.15) is 0 Å². The van der Waals surface area contributed by atoms with Crippen LogP contribution >= 0.6 is 23.1 Å². The molecule has 0 saturated carbocycles. The number of amides is 2. The fraction of sp³-hybridized carbons (Fsp3) is 0.562. The van der Waals surface area contributed by atoms with Gasteiger partial charge in [0, 0.05) is 19.1 Å². The third-order valence-corrected chi connectivity index (χ3v) is 6.68. The van der Waals surface area contributed by atoms with Crippen molar-refractivity contribution >= 4 is 41.1 Å². The molecule has 9 heteroatoms. The average Bonchev–Trinajstić information content (AvgIpc) is 3.27. The van der Waals surface area contributed by atoms with Crippen molar-refractivity contribution in [2.75, 3.05) is 33.1 Å². The number of thioether (sulfide) groups is 1. The van der Waals surface area contributed by atoms with E-state index in [4.69, 9.17) is 9.47 Å². The van der Waals surface area contributed by atoms with E-state index < -0.39 is 18.1 Å². The van der Waals surface area contributed by atoms with E-state index in [1.807, 2.05) is 18.4 Å². The van der Waals surface area contributed by atoms with Gasteiger partial charge in [0.1, 0.15) is 6.61 Å². The third-order valence-electron chi connectivity index (χ3n) is 4.52. The zero-order valence-electron chi connectivity index (χ0n) is 14.1. The molecule has 136 valence electrons. The number of piperidine rings is 1. The molecule has 0 radical (unpaired) electrons. The van der Waals surface area contributed by atoms with Gasteiger partial charge in [-0.25, -0.2) is 9.59 Å². The summed E-state index contributed by atoms with van der Waals surface area (Å²) in [7, 11) is 1.30. The Morgan fingerprint density at radius 2 is 2.04 bits per heavy atom. The number of cyclic esters (lactones) is 1. The highest BCUT2D eigenvalue weighted by molar-refractivity contribution is 8.00. The second-order valence-electron chi connectivity index (χ2n) is 5.87. The zero-order valence-corrected chi connectivity index (χ0v) is 15.7. The van der Waals surface area contributed by atoms with E-state index in [1.165, 1.54) is 23.3 Å². The summed E-state index contributed by atoms with van der Waals surface area (Å²) in [6, 6.07) is 3.01. The van der Waals surface area contributed by atoms with Gasteiger partial charge >= 0.3 is 12.1 Å². The second-order valence-corrected chi connectivity index (χ2v) is 8.06. The molecular formula is C16H20N2O5S2. The number of hydrogen-bond acceptors (Lipinski definition) is 7. The smallest absolute Gasteiger partial charge is 0.410 e. The van der Waals surface area contributed by atoms with E-state index in [1.54, 1.807) is 16.7 Å². The number of ether oxygens (including phenoxy) is 2.